The highest BCUT2D eigenvalue weighted by molar-refractivity contribution is 5.95. The van der Waals surface area contributed by atoms with E-state index < -0.39 is 16.6 Å². The van der Waals surface area contributed by atoms with E-state index in [0.717, 1.165) is 18.2 Å². The summed E-state index contributed by atoms with van der Waals surface area (Å²) in [7, 11) is 0. The molecule has 0 radical (unpaired) electrons. The van der Waals surface area contributed by atoms with Crippen LogP contribution in [0.3, 0.4) is 0 Å². The Balaban J connectivity index is 2.37. The zero-order chi connectivity index (χ0) is 14.9. The average Bonchev–Trinajstić information content (AvgIpc) is 2.38. The highest BCUT2D eigenvalue weighted by Gasteiger charge is 2.31. The molecule has 1 fully saturated rings. The Labute approximate surface area is 115 Å². The van der Waals surface area contributed by atoms with E-state index in [1.807, 2.05) is 13.8 Å². The molecule has 0 saturated carbocycles. The lowest BCUT2D eigenvalue weighted by molar-refractivity contribution is -0.384. The lowest BCUT2D eigenvalue weighted by Crippen LogP contribution is -2.57. The summed E-state index contributed by atoms with van der Waals surface area (Å²) in [5, 5.41) is 13.9. The molecule has 1 amide bonds. The number of benzene rings is 1. The van der Waals surface area contributed by atoms with Crippen molar-refractivity contribution < 1.29 is 14.1 Å². The molecule has 1 heterocycles. The Kier molecular flexibility index (Phi) is 3.99. The van der Waals surface area contributed by atoms with Crippen LogP contribution in [0.15, 0.2) is 18.2 Å². The van der Waals surface area contributed by atoms with Crippen molar-refractivity contribution >= 4 is 11.6 Å². The quantitative estimate of drug-likeness (QED) is 0.659. The number of carbonyl (C=O) groups excluding carboxylic acids is 1. The minimum atomic E-state index is -0.737. The SMILES string of the molecule is CC1CNCC(C)N1C(=O)c1cc([N+](=O)[O-])ccc1F. The number of piperazine rings is 1. The molecular weight excluding hydrogens is 265 g/mol. The van der Waals surface area contributed by atoms with Crippen LogP contribution >= 0.6 is 0 Å². The third-order valence-corrected chi connectivity index (χ3v) is 3.45. The van der Waals surface area contributed by atoms with Gasteiger partial charge in [-0.3, -0.25) is 14.9 Å². The van der Waals surface area contributed by atoms with Gasteiger partial charge in [-0.1, -0.05) is 0 Å². The molecule has 0 bridgehead atoms. The summed E-state index contributed by atoms with van der Waals surface area (Å²) in [5.74, 6) is -1.24. The van der Waals surface area contributed by atoms with Crippen LogP contribution in [0.5, 0.6) is 0 Å². The van der Waals surface area contributed by atoms with Gasteiger partial charge in [0.2, 0.25) is 0 Å². The van der Waals surface area contributed by atoms with E-state index in [-0.39, 0.29) is 23.3 Å². The lowest BCUT2D eigenvalue weighted by atomic mass is 10.1. The molecular formula is C13H16FN3O3. The van der Waals surface area contributed by atoms with Gasteiger partial charge in [0, 0.05) is 37.3 Å². The number of carbonyl (C=O) groups is 1. The van der Waals surface area contributed by atoms with Crippen LogP contribution in [0.2, 0.25) is 0 Å². The number of amides is 1. The third kappa shape index (κ3) is 2.62. The molecule has 1 aliphatic heterocycles. The van der Waals surface area contributed by atoms with Gasteiger partial charge in [-0.05, 0) is 19.9 Å². The van der Waals surface area contributed by atoms with Crippen molar-refractivity contribution in [2.24, 2.45) is 0 Å². The van der Waals surface area contributed by atoms with Crippen LogP contribution in [0.25, 0.3) is 0 Å². The van der Waals surface area contributed by atoms with E-state index in [1.165, 1.54) is 0 Å². The third-order valence-electron chi connectivity index (χ3n) is 3.45. The monoisotopic (exact) mass is 281 g/mol. The Morgan fingerprint density at radius 3 is 2.55 bits per heavy atom. The van der Waals surface area contributed by atoms with E-state index in [0.29, 0.717) is 13.1 Å². The zero-order valence-corrected chi connectivity index (χ0v) is 11.3. The van der Waals surface area contributed by atoms with Crippen molar-refractivity contribution in [2.45, 2.75) is 25.9 Å². The van der Waals surface area contributed by atoms with E-state index in [4.69, 9.17) is 0 Å². The first-order valence-electron chi connectivity index (χ1n) is 6.39. The fraction of sp³-hybridized carbons (Fsp3) is 0.462. The van der Waals surface area contributed by atoms with Crippen molar-refractivity contribution in [1.82, 2.24) is 10.2 Å². The first-order chi connectivity index (χ1) is 9.41. The Hall–Kier alpha value is -2.02. The van der Waals surface area contributed by atoms with E-state index in [9.17, 15) is 19.3 Å². The van der Waals surface area contributed by atoms with E-state index >= 15 is 0 Å². The second kappa shape index (κ2) is 5.54. The number of rotatable bonds is 2. The number of non-ortho nitro benzene ring substituents is 1. The number of hydrogen-bond acceptors (Lipinski definition) is 4. The molecule has 1 saturated heterocycles. The summed E-state index contributed by atoms with van der Waals surface area (Å²) in [4.78, 5) is 24.1. The highest BCUT2D eigenvalue weighted by Crippen LogP contribution is 2.21. The fourth-order valence-corrected chi connectivity index (χ4v) is 2.46. The van der Waals surface area contributed by atoms with Crippen LogP contribution in [-0.4, -0.2) is 40.9 Å². The van der Waals surface area contributed by atoms with Gasteiger partial charge in [0.15, 0.2) is 0 Å². The number of hydrogen-bond donors (Lipinski definition) is 1. The first kappa shape index (κ1) is 14.4. The van der Waals surface area contributed by atoms with Crippen molar-refractivity contribution in [3.63, 3.8) is 0 Å². The Bertz CT molecular complexity index is 540. The minimum absolute atomic E-state index is 0.0927. The van der Waals surface area contributed by atoms with Gasteiger partial charge in [0.25, 0.3) is 11.6 Å². The molecule has 6 nitrogen and oxygen atoms in total. The standard InChI is InChI=1S/C13H16FN3O3/c1-8-6-15-7-9(2)16(8)13(18)11-5-10(17(19)20)3-4-12(11)14/h3-5,8-9,15H,6-7H2,1-2H3. The summed E-state index contributed by atoms with van der Waals surface area (Å²) in [6.07, 6.45) is 0. The van der Waals surface area contributed by atoms with Gasteiger partial charge in [-0.25, -0.2) is 4.39 Å². The molecule has 2 rings (SSSR count). The average molecular weight is 281 g/mol. The summed E-state index contributed by atoms with van der Waals surface area (Å²) in [6, 6.07) is 2.83. The molecule has 1 aliphatic rings. The van der Waals surface area contributed by atoms with Gasteiger partial charge >= 0.3 is 0 Å². The first-order valence-corrected chi connectivity index (χ1v) is 6.39. The number of halogens is 1. The molecule has 20 heavy (non-hydrogen) atoms. The minimum Gasteiger partial charge on any atom is -0.331 e. The molecule has 0 aromatic heterocycles. The van der Waals surface area contributed by atoms with Gasteiger partial charge in [0.1, 0.15) is 5.82 Å². The molecule has 108 valence electrons. The molecule has 1 N–H and O–H groups in total. The Morgan fingerprint density at radius 1 is 1.40 bits per heavy atom. The van der Waals surface area contributed by atoms with Crippen molar-refractivity contribution in [1.29, 1.82) is 0 Å². The summed E-state index contributed by atoms with van der Waals surface area (Å²) >= 11 is 0. The van der Waals surface area contributed by atoms with Crippen molar-refractivity contribution in [3.05, 3.63) is 39.7 Å². The summed E-state index contributed by atoms with van der Waals surface area (Å²) < 4.78 is 13.8. The van der Waals surface area contributed by atoms with Gasteiger partial charge < -0.3 is 10.2 Å². The highest BCUT2D eigenvalue weighted by atomic mass is 19.1. The van der Waals surface area contributed by atoms with Crippen LogP contribution in [-0.2, 0) is 0 Å². The maximum Gasteiger partial charge on any atom is 0.270 e. The molecule has 7 heteroatoms. The molecule has 2 atom stereocenters. The predicted octanol–water partition coefficient (Wildman–Crippen LogP) is 1.56. The summed E-state index contributed by atoms with van der Waals surface area (Å²) in [6.45, 7) is 4.95. The van der Waals surface area contributed by atoms with Crippen LogP contribution in [0.1, 0.15) is 24.2 Å². The zero-order valence-electron chi connectivity index (χ0n) is 11.3. The van der Waals surface area contributed by atoms with E-state index in [2.05, 4.69) is 5.32 Å². The number of nitro benzene ring substituents is 1. The topological polar surface area (TPSA) is 75.5 Å². The fourth-order valence-electron chi connectivity index (χ4n) is 2.46. The maximum atomic E-state index is 13.8. The number of nitrogens with one attached hydrogen (secondary N) is 1. The molecule has 1 aromatic rings. The van der Waals surface area contributed by atoms with Crippen molar-refractivity contribution in [2.75, 3.05) is 13.1 Å². The molecule has 1 aromatic carbocycles. The molecule has 0 spiro atoms. The normalized spacial score (nSPS) is 22.6. The molecule has 0 aliphatic carbocycles. The van der Waals surface area contributed by atoms with E-state index in [1.54, 1.807) is 4.90 Å². The van der Waals surface area contributed by atoms with Gasteiger partial charge in [0.05, 0.1) is 10.5 Å². The lowest BCUT2D eigenvalue weighted by Gasteiger charge is -2.39. The Morgan fingerprint density at radius 2 is 2.00 bits per heavy atom. The number of nitrogens with zero attached hydrogens (tertiary/aromatic N) is 2. The van der Waals surface area contributed by atoms with Crippen molar-refractivity contribution in [3.8, 4) is 0 Å². The largest absolute Gasteiger partial charge is 0.331 e. The number of nitro groups is 1. The van der Waals surface area contributed by atoms with Gasteiger partial charge in [-0.15, -0.1) is 0 Å². The summed E-state index contributed by atoms with van der Waals surface area (Å²) in [5.41, 5.74) is -0.537. The second-order valence-corrected chi connectivity index (χ2v) is 4.99. The molecule has 2 unspecified atom stereocenters. The second-order valence-electron chi connectivity index (χ2n) is 4.99. The maximum absolute atomic E-state index is 13.8. The van der Waals surface area contributed by atoms with Crippen LogP contribution < -0.4 is 5.32 Å². The van der Waals surface area contributed by atoms with Crippen LogP contribution in [0.4, 0.5) is 10.1 Å². The van der Waals surface area contributed by atoms with Crippen LogP contribution in [0, 0.1) is 15.9 Å². The smallest absolute Gasteiger partial charge is 0.270 e. The predicted molar refractivity (Wildman–Crippen MR) is 71.0 cm³/mol. The van der Waals surface area contributed by atoms with Gasteiger partial charge in [-0.2, -0.15) is 0 Å².